The summed E-state index contributed by atoms with van der Waals surface area (Å²) in [6.07, 6.45) is 17.8. The Bertz CT molecular complexity index is 515. The van der Waals surface area contributed by atoms with Gasteiger partial charge >= 0.3 is 0 Å². The minimum Gasteiger partial charge on any atom is -0.495 e. The second-order valence-electron chi connectivity index (χ2n) is 6.37. The zero-order valence-corrected chi connectivity index (χ0v) is 15.4. The number of rotatable bonds is 8. The summed E-state index contributed by atoms with van der Waals surface area (Å²) >= 11 is 0. The highest BCUT2D eigenvalue weighted by Crippen LogP contribution is 2.40. The Morgan fingerprint density at radius 2 is 1.67 bits per heavy atom. The van der Waals surface area contributed by atoms with Gasteiger partial charge in [-0.15, -0.1) is 0 Å². The average Bonchev–Trinajstić information content (AvgIpc) is 2.65. The van der Waals surface area contributed by atoms with Crippen molar-refractivity contribution >= 4 is 10.9 Å². The Morgan fingerprint density at radius 1 is 0.917 bits per heavy atom. The first-order chi connectivity index (χ1) is 11.9. The molecule has 0 saturated carbocycles. The molecule has 0 radical (unpaired) electrons. The maximum absolute atomic E-state index is 6.04. The van der Waals surface area contributed by atoms with E-state index in [-0.39, 0.29) is 0 Å². The van der Waals surface area contributed by atoms with Crippen molar-refractivity contribution in [3.05, 3.63) is 47.1 Å². The van der Waals surface area contributed by atoms with Gasteiger partial charge in [-0.3, -0.25) is 0 Å². The maximum atomic E-state index is 6.04. The smallest absolute Gasteiger partial charge is 0.139 e. The molecule has 0 spiro atoms. The molecule has 0 bridgehead atoms. The minimum atomic E-state index is 0.364. The molecule has 1 aliphatic heterocycles. The van der Waals surface area contributed by atoms with Gasteiger partial charge in [0.15, 0.2) is 0 Å². The molecule has 4 heteroatoms. The second-order valence-corrected chi connectivity index (χ2v) is 8.65. The molecule has 1 heterocycles. The van der Waals surface area contributed by atoms with E-state index in [9.17, 15) is 0 Å². The van der Waals surface area contributed by atoms with Crippen molar-refractivity contribution in [3.8, 4) is 0 Å². The predicted octanol–water partition coefficient (Wildman–Crippen LogP) is 3.61. The van der Waals surface area contributed by atoms with Gasteiger partial charge in [0.25, 0.3) is 0 Å². The molecule has 0 amide bonds. The first-order valence-electron chi connectivity index (χ1n) is 9.04. The lowest BCUT2D eigenvalue weighted by atomic mass is 9.83. The van der Waals surface area contributed by atoms with Crippen LogP contribution in [0.5, 0.6) is 0 Å². The lowest BCUT2D eigenvalue weighted by Crippen LogP contribution is -2.30. The van der Waals surface area contributed by atoms with Crippen molar-refractivity contribution in [1.29, 1.82) is 0 Å². The average molecular weight is 350 g/mol. The SMILES string of the molecule is COCCOCCOC1=CC=C([S+]2CCCCC2)C2C=CC=CC12. The summed E-state index contributed by atoms with van der Waals surface area (Å²) < 4.78 is 16.5. The number of fused-ring (bicyclic) bond motifs is 1. The topological polar surface area (TPSA) is 27.7 Å². The lowest BCUT2D eigenvalue weighted by molar-refractivity contribution is 0.0373. The van der Waals surface area contributed by atoms with Gasteiger partial charge in [-0.25, -0.2) is 0 Å². The van der Waals surface area contributed by atoms with Crippen LogP contribution >= 0.6 is 0 Å². The van der Waals surface area contributed by atoms with Gasteiger partial charge in [0.1, 0.15) is 28.8 Å². The minimum absolute atomic E-state index is 0.364. The van der Waals surface area contributed by atoms with Crippen molar-refractivity contribution in [1.82, 2.24) is 0 Å². The Balaban J connectivity index is 1.59. The Morgan fingerprint density at radius 3 is 2.46 bits per heavy atom. The number of ether oxygens (including phenoxy) is 3. The summed E-state index contributed by atoms with van der Waals surface area (Å²) in [4.78, 5) is 1.64. The van der Waals surface area contributed by atoms with E-state index in [1.807, 2.05) is 0 Å². The van der Waals surface area contributed by atoms with Crippen LogP contribution in [0.2, 0.25) is 0 Å². The summed E-state index contributed by atoms with van der Waals surface area (Å²) in [7, 11) is 2.15. The molecule has 132 valence electrons. The molecule has 2 aliphatic carbocycles. The zero-order valence-electron chi connectivity index (χ0n) is 14.6. The monoisotopic (exact) mass is 349 g/mol. The molecule has 0 aromatic carbocycles. The summed E-state index contributed by atoms with van der Waals surface area (Å²) in [5.74, 6) is 4.70. The second kappa shape index (κ2) is 9.50. The standard InChI is InChI=1S/C20H29O3S/c1-21-11-12-22-13-14-23-19-9-10-20(24-15-5-2-6-16-24)18-8-4-3-7-17(18)19/h3-4,7-10,17-18H,2,5-6,11-16H2,1H3/q+1. The largest absolute Gasteiger partial charge is 0.495 e. The highest BCUT2D eigenvalue weighted by molar-refractivity contribution is 8.00. The summed E-state index contributed by atoms with van der Waals surface area (Å²) in [5, 5.41) is 0. The van der Waals surface area contributed by atoms with Crippen LogP contribution in [-0.4, -0.2) is 45.0 Å². The summed E-state index contributed by atoms with van der Waals surface area (Å²) in [6.45, 7) is 2.47. The van der Waals surface area contributed by atoms with Crippen LogP contribution in [0.25, 0.3) is 0 Å². The van der Waals surface area contributed by atoms with Crippen LogP contribution < -0.4 is 0 Å². The Labute approximate surface area is 148 Å². The van der Waals surface area contributed by atoms with E-state index >= 15 is 0 Å². The molecule has 0 aromatic rings. The number of hydrogen-bond acceptors (Lipinski definition) is 3. The van der Waals surface area contributed by atoms with E-state index in [2.05, 4.69) is 36.5 Å². The van der Waals surface area contributed by atoms with Crippen LogP contribution in [0.1, 0.15) is 19.3 Å². The van der Waals surface area contributed by atoms with Crippen molar-refractivity contribution in [2.75, 3.05) is 45.0 Å². The van der Waals surface area contributed by atoms with E-state index in [4.69, 9.17) is 14.2 Å². The zero-order chi connectivity index (χ0) is 16.6. The van der Waals surface area contributed by atoms with Gasteiger partial charge in [-0.05, 0) is 31.4 Å². The first kappa shape index (κ1) is 17.8. The third kappa shape index (κ3) is 4.56. The van der Waals surface area contributed by atoms with Crippen LogP contribution in [0.15, 0.2) is 47.1 Å². The van der Waals surface area contributed by atoms with Crippen molar-refractivity contribution < 1.29 is 14.2 Å². The van der Waals surface area contributed by atoms with Crippen molar-refractivity contribution in [3.63, 3.8) is 0 Å². The van der Waals surface area contributed by atoms with Crippen LogP contribution in [0.4, 0.5) is 0 Å². The van der Waals surface area contributed by atoms with Gasteiger partial charge in [0.2, 0.25) is 0 Å². The van der Waals surface area contributed by atoms with Gasteiger partial charge in [0, 0.05) is 23.9 Å². The first-order valence-corrected chi connectivity index (χ1v) is 10.6. The van der Waals surface area contributed by atoms with Gasteiger partial charge in [-0.1, -0.05) is 24.3 Å². The van der Waals surface area contributed by atoms with E-state index in [0.717, 1.165) is 5.76 Å². The molecule has 2 unspecified atom stereocenters. The van der Waals surface area contributed by atoms with Crippen molar-refractivity contribution in [2.45, 2.75) is 19.3 Å². The molecule has 2 atom stereocenters. The van der Waals surface area contributed by atoms with E-state index in [1.54, 1.807) is 12.0 Å². The van der Waals surface area contributed by atoms with Crippen molar-refractivity contribution in [2.24, 2.45) is 11.8 Å². The van der Waals surface area contributed by atoms with E-state index < -0.39 is 0 Å². The Kier molecular flexibility index (Phi) is 7.06. The fraction of sp³-hybridized carbons (Fsp3) is 0.600. The lowest BCUT2D eigenvalue weighted by Gasteiger charge is -2.31. The molecule has 0 N–H and O–H groups in total. The summed E-state index contributed by atoms with van der Waals surface area (Å²) in [6, 6.07) is 0. The highest BCUT2D eigenvalue weighted by atomic mass is 32.2. The quantitative estimate of drug-likeness (QED) is 0.495. The molecule has 3 nitrogen and oxygen atoms in total. The van der Waals surface area contributed by atoms with Gasteiger partial charge in [-0.2, -0.15) is 0 Å². The third-order valence-corrected chi connectivity index (χ3v) is 7.38. The molecular weight excluding hydrogens is 320 g/mol. The molecule has 1 saturated heterocycles. The molecular formula is C20H29O3S+. The Hall–Kier alpha value is -0.970. The molecule has 3 rings (SSSR count). The molecule has 1 fully saturated rings. The maximum Gasteiger partial charge on any atom is 0.139 e. The van der Waals surface area contributed by atoms with E-state index in [0.29, 0.717) is 49.2 Å². The molecule has 24 heavy (non-hydrogen) atoms. The third-order valence-electron chi connectivity index (χ3n) is 4.75. The fourth-order valence-electron chi connectivity index (χ4n) is 3.50. The van der Waals surface area contributed by atoms with Crippen LogP contribution in [-0.2, 0) is 25.1 Å². The molecule has 0 aromatic heterocycles. The van der Waals surface area contributed by atoms with Crippen LogP contribution in [0.3, 0.4) is 0 Å². The highest BCUT2D eigenvalue weighted by Gasteiger charge is 2.39. The number of methoxy groups -OCH3 is 1. The summed E-state index contributed by atoms with van der Waals surface area (Å²) in [5.41, 5.74) is 0. The molecule has 3 aliphatic rings. The normalized spacial score (nSPS) is 26.7. The predicted molar refractivity (Wildman–Crippen MR) is 101 cm³/mol. The van der Waals surface area contributed by atoms with Gasteiger partial charge < -0.3 is 14.2 Å². The van der Waals surface area contributed by atoms with Crippen LogP contribution in [0, 0.1) is 11.8 Å². The fourth-order valence-corrected chi connectivity index (χ4v) is 6.15. The number of allylic oxidation sites excluding steroid dienone is 7. The number of hydrogen-bond donors (Lipinski definition) is 0. The van der Waals surface area contributed by atoms with E-state index in [1.165, 1.54) is 30.8 Å². The van der Waals surface area contributed by atoms with Gasteiger partial charge in [0.05, 0.1) is 25.7 Å².